The molecule has 0 aliphatic rings. The molecule has 0 aliphatic heterocycles. The molecule has 0 heterocycles. The van der Waals surface area contributed by atoms with Gasteiger partial charge in [-0.25, -0.2) is 0 Å². The molecule has 27 heavy (non-hydrogen) atoms. The van der Waals surface area contributed by atoms with Gasteiger partial charge in [-0.05, 0) is 30.9 Å². The largest absolute Gasteiger partial charge is 0.300 e. The molecule has 2 heteroatoms. The Bertz CT molecular complexity index is 777. The SMILES string of the molecule is CC#CCCC(=O)CCCCCCC(=O)c1ccc(-c2ccccc2)cc1. The molecule has 0 radical (unpaired) electrons. The first kappa shape index (κ1) is 20.6. The van der Waals surface area contributed by atoms with E-state index in [9.17, 15) is 9.59 Å². The molecular formula is C25H28O2. The highest BCUT2D eigenvalue weighted by Crippen LogP contribution is 2.20. The number of carbonyl (C=O) groups is 2. The van der Waals surface area contributed by atoms with E-state index in [4.69, 9.17) is 0 Å². The summed E-state index contributed by atoms with van der Waals surface area (Å²) < 4.78 is 0. The van der Waals surface area contributed by atoms with E-state index in [0.717, 1.165) is 42.4 Å². The molecule has 140 valence electrons. The smallest absolute Gasteiger partial charge is 0.162 e. The molecule has 0 amide bonds. The van der Waals surface area contributed by atoms with E-state index in [-0.39, 0.29) is 5.78 Å². The van der Waals surface area contributed by atoms with Crippen molar-refractivity contribution in [3.05, 3.63) is 60.2 Å². The number of carbonyl (C=O) groups excluding carboxylic acids is 2. The summed E-state index contributed by atoms with van der Waals surface area (Å²) >= 11 is 0. The fourth-order valence-electron chi connectivity index (χ4n) is 3.04. The van der Waals surface area contributed by atoms with E-state index in [0.29, 0.717) is 31.5 Å². The van der Waals surface area contributed by atoms with E-state index >= 15 is 0 Å². The number of benzene rings is 2. The van der Waals surface area contributed by atoms with Crippen molar-refractivity contribution in [3.8, 4) is 23.0 Å². The summed E-state index contributed by atoms with van der Waals surface area (Å²) in [5.74, 6) is 6.23. The summed E-state index contributed by atoms with van der Waals surface area (Å²) in [6.45, 7) is 1.80. The summed E-state index contributed by atoms with van der Waals surface area (Å²) in [6.07, 6.45) is 6.25. The topological polar surface area (TPSA) is 34.1 Å². The molecule has 0 spiro atoms. The van der Waals surface area contributed by atoms with Crippen molar-refractivity contribution in [1.29, 1.82) is 0 Å². The van der Waals surface area contributed by atoms with Crippen LogP contribution in [0.2, 0.25) is 0 Å². The third-order valence-corrected chi connectivity index (χ3v) is 4.63. The molecule has 0 atom stereocenters. The Morgan fingerprint density at radius 1 is 0.741 bits per heavy atom. The van der Waals surface area contributed by atoms with Crippen molar-refractivity contribution in [2.24, 2.45) is 0 Å². The van der Waals surface area contributed by atoms with Crippen LogP contribution in [0.15, 0.2) is 54.6 Å². The van der Waals surface area contributed by atoms with Gasteiger partial charge < -0.3 is 0 Å². The van der Waals surface area contributed by atoms with E-state index in [1.807, 2.05) is 42.5 Å². The van der Waals surface area contributed by atoms with E-state index in [1.54, 1.807) is 6.92 Å². The molecule has 2 nitrogen and oxygen atoms in total. The zero-order valence-corrected chi connectivity index (χ0v) is 16.2. The van der Waals surface area contributed by atoms with Crippen molar-refractivity contribution in [2.75, 3.05) is 0 Å². The van der Waals surface area contributed by atoms with Gasteiger partial charge in [-0.2, -0.15) is 0 Å². The van der Waals surface area contributed by atoms with Gasteiger partial charge >= 0.3 is 0 Å². The first-order chi connectivity index (χ1) is 13.2. The Morgan fingerprint density at radius 3 is 2.04 bits per heavy atom. The third-order valence-electron chi connectivity index (χ3n) is 4.63. The molecule has 0 bridgehead atoms. The van der Waals surface area contributed by atoms with Gasteiger partial charge in [0.05, 0.1) is 0 Å². The number of Topliss-reactive ketones (excluding diaryl/α,β-unsaturated/α-hetero) is 2. The van der Waals surface area contributed by atoms with Crippen LogP contribution in [0.25, 0.3) is 11.1 Å². The standard InChI is InChI=1S/C25H28O2/c1-2-3-7-14-24(26)15-10-4-5-11-16-25(27)23-19-17-22(18-20-23)21-12-8-6-9-13-21/h6,8-9,12-13,17-20H,4-5,7,10-11,14-16H2,1H3. The van der Waals surface area contributed by atoms with Gasteiger partial charge in [0.15, 0.2) is 5.78 Å². The van der Waals surface area contributed by atoms with Gasteiger partial charge in [0, 0.05) is 31.2 Å². The molecule has 0 saturated heterocycles. The van der Waals surface area contributed by atoms with Crippen molar-refractivity contribution in [3.63, 3.8) is 0 Å². The molecule has 0 aromatic heterocycles. The van der Waals surface area contributed by atoms with E-state index in [1.165, 1.54) is 0 Å². The fourth-order valence-corrected chi connectivity index (χ4v) is 3.04. The highest BCUT2D eigenvalue weighted by Gasteiger charge is 2.06. The average molecular weight is 360 g/mol. The van der Waals surface area contributed by atoms with Gasteiger partial charge in [-0.1, -0.05) is 67.4 Å². The van der Waals surface area contributed by atoms with Gasteiger partial charge in [-0.3, -0.25) is 9.59 Å². The maximum absolute atomic E-state index is 12.3. The average Bonchev–Trinajstić information content (AvgIpc) is 2.71. The Kier molecular flexibility index (Phi) is 9.07. The molecule has 2 rings (SSSR count). The van der Waals surface area contributed by atoms with Crippen LogP contribution < -0.4 is 0 Å². The second-order valence-corrected chi connectivity index (χ2v) is 6.75. The minimum absolute atomic E-state index is 0.198. The number of ketones is 2. The zero-order chi connectivity index (χ0) is 19.3. The Balaban J connectivity index is 1.64. The van der Waals surface area contributed by atoms with Crippen molar-refractivity contribution in [2.45, 2.75) is 58.3 Å². The summed E-state index contributed by atoms with van der Waals surface area (Å²) in [4.78, 5) is 24.0. The van der Waals surface area contributed by atoms with Crippen LogP contribution in [-0.2, 0) is 4.79 Å². The predicted molar refractivity (Wildman–Crippen MR) is 112 cm³/mol. The lowest BCUT2D eigenvalue weighted by molar-refractivity contribution is -0.119. The summed E-state index contributed by atoms with van der Waals surface area (Å²) in [5, 5.41) is 0. The molecule has 2 aromatic carbocycles. The molecule has 0 N–H and O–H groups in total. The number of unbranched alkanes of at least 4 members (excludes halogenated alkanes) is 3. The monoisotopic (exact) mass is 360 g/mol. The number of hydrogen-bond acceptors (Lipinski definition) is 2. The third kappa shape index (κ3) is 7.62. The fraction of sp³-hybridized carbons (Fsp3) is 0.360. The second kappa shape index (κ2) is 11.9. The van der Waals surface area contributed by atoms with Crippen LogP contribution in [0.4, 0.5) is 0 Å². The zero-order valence-electron chi connectivity index (χ0n) is 16.2. The molecule has 0 saturated carbocycles. The first-order valence-electron chi connectivity index (χ1n) is 9.80. The predicted octanol–water partition coefficient (Wildman–Crippen LogP) is 6.25. The van der Waals surface area contributed by atoms with Crippen LogP contribution in [0.3, 0.4) is 0 Å². The molecular weight excluding hydrogens is 332 g/mol. The Morgan fingerprint density at radius 2 is 1.37 bits per heavy atom. The highest BCUT2D eigenvalue weighted by molar-refractivity contribution is 5.96. The maximum atomic E-state index is 12.3. The molecule has 0 fully saturated rings. The van der Waals surface area contributed by atoms with Gasteiger partial charge in [0.2, 0.25) is 0 Å². The quantitative estimate of drug-likeness (QED) is 0.270. The lowest BCUT2D eigenvalue weighted by atomic mass is 9.99. The summed E-state index contributed by atoms with van der Waals surface area (Å²) in [5.41, 5.74) is 3.07. The molecule has 0 unspecified atom stereocenters. The Labute approximate surface area is 163 Å². The van der Waals surface area contributed by atoms with Gasteiger partial charge in [0.25, 0.3) is 0 Å². The maximum Gasteiger partial charge on any atom is 0.162 e. The van der Waals surface area contributed by atoms with Gasteiger partial charge in [-0.15, -0.1) is 11.8 Å². The van der Waals surface area contributed by atoms with Crippen molar-refractivity contribution >= 4 is 11.6 Å². The first-order valence-corrected chi connectivity index (χ1v) is 9.80. The van der Waals surface area contributed by atoms with Gasteiger partial charge in [0.1, 0.15) is 5.78 Å². The lowest BCUT2D eigenvalue weighted by Crippen LogP contribution is -1.99. The summed E-state index contributed by atoms with van der Waals surface area (Å²) in [7, 11) is 0. The van der Waals surface area contributed by atoms with Crippen LogP contribution >= 0.6 is 0 Å². The van der Waals surface area contributed by atoms with Crippen molar-refractivity contribution < 1.29 is 9.59 Å². The molecule has 0 aliphatic carbocycles. The van der Waals surface area contributed by atoms with Crippen molar-refractivity contribution in [1.82, 2.24) is 0 Å². The number of hydrogen-bond donors (Lipinski definition) is 0. The highest BCUT2D eigenvalue weighted by atomic mass is 16.1. The second-order valence-electron chi connectivity index (χ2n) is 6.75. The normalized spacial score (nSPS) is 10.1. The van der Waals surface area contributed by atoms with Crippen LogP contribution in [-0.4, -0.2) is 11.6 Å². The Hall–Kier alpha value is -2.66. The van der Waals surface area contributed by atoms with Crippen LogP contribution in [0.5, 0.6) is 0 Å². The minimum atomic E-state index is 0.198. The minimum Gasteiger partial charge on any atom is -0.300 e. The molecule has 2 aromatic rings. The van der Waals surface area contributed by atoms with Crippen LogP contribution in [0.1, 0.15) is 68.6 Å². The number of rotatable bonds is 11. The van der Waals surface area contributed by atoms with E-state index in [2.05, 4.69) is 24.0 Å². The van der Waals surface area contributed by atoms with Crippen LogP contribution in [0, 0.1) is 11.8 Å². The summed E-state index contributed by atoms with van der Waals surface area (Å²) in [6, 6.07) is 18.0. The van der Waals surface area contributed by atoms with E-state index < -0.39 is 0 Å². The lowest BCUT2D eigenvalue weighted by Gasteiger charge is -2.05.